The van der Waals surface area contributed by atoms with Crippen LogP contribution in [0.5, 0.6) is 11.5 Å². The number of benzene rings is 1. The zero-order chi connectivity index (χ0) is 19.6. The van der Waals surface area contributed by atoms with Crippen LogP contribution < -0.4 is 20.1 Å². The van der Waals surface area contributed by atoms with E-state index >= 15 is 0 Å². The van der Waals surface area contributed by atoms with Crippen LogP contribution in [0.2, 0.25) is 0 Å². The lowest BCUT2D eigenvalue weighted by atomic mass is 10.2. The first kappa shape index (κ1) is 24.1. The number of aromatic nitrogens is 2. The highest BCUT2D eigenvalue weighted by atomic mass is 127. The molecule has 7 nitrogen and oxygen atoms in total. The minimum Gasteiger partial charge on any atom is -0.493 e. The summed E-state index contributed by atoms with van der Waals surface area (Å²) in [5.41, 5.74) is 3.13. The van der Waals surface area contributed by atoms with Gasteiger partial charge in [-0.2, -0.15) is 5.10 Å². The van der Waals surface area contributed by atoms with Crippen LogP contribution in [0.4, 0.5) is 5.69 Å². The Morgan fingerprint density at radius 3 is 2.57 bits per heavy atom. The maximum absolute atomic E-state index is 5.56. The molecular formula is C20H32IN5O2. The molecule has 0 amide bonds. The van der Waals surface area contributed by atoms with Crippen molar-refractivity contribution in [1.29, 1.82) is 0 Å². The quantitative estimate of drug-likeness (QED) is 0.235. The van der Waals surface area contributed by atoms with Crippen LogP contribution in [-0.2, 0) is 6.54 Å². The summed E-state index contributed by atoms with van der Waals surface area (Å²) in [5, 5.41) is 11.1. The molecule has 0 spiro atoms. The molecule has 2 aromatic rings. The van der Waals surface area contributed by atoms with Crippen LogP contribution >= 0.6 is 24.0 Å². The number of rotatable bonds is 9. The second-order valence-electron chi connectivity index (χ2n) is 6.19. The topological polar surface area (TPSA) is 72.7 Å². The minimum absolute atomic E-state index is 0. The molecule has 0 aliphatic heterocycles. The second-order valence-corrected chi connectivity index (χ2v) is 6.19. The Hall–Kier alpha value is -1.97. The average Bonchev–Trinajstić information content (AvgIpc) is 2.97. The van der Waals surface area contributed by atoms with Crippen molar-refractivity contribution in [3.63, 3.8) is 0 Å². The Morgan fingerprint density at radius 1 is 1.18 bits per heavy atom. The highest BCUT2D eigenvalue weighted by molar-refractivity contribution is 14.0. The van der Waals surface area contributed by atoms with E-state index in [9.17, 15) is 0 Å². The number of guanidine groups is 1. The fourth-order valence-electron chi connectivity index (χ4n) is 2.78. The summed E-state index contributed by atoms with van der Waals surface area (Å²) in [6, 6.07) is 7.86. The molecule has 0 saturated carbocycles. The van der Waals surface area contributed by atoms with Gasteiger partial charge in [-0.15, -0.1) is 24.0 Å². The molecule has 8 heteroatoms. The van der Waals surface area contributed by atoms with Crippen molar-refractivity contribution < 1.29 is 9.47 Å². The van der Waals surface area contributed by atoms with Crippen LogP contribution in [0.1, 0.15) is 31.7 Å². The van der Waals surface area contributed by atoms with Gasteiger partial charge in [-0.05, 0) is 52.3 Å². The number of ether oxygens (including phenoxy) is 2. The van der Waals surface area contributed by atoms with Gasteiger partial charge in [0.25, 0.3) is 0 Å². The molecule has 1 aromatic heterocycles. The average molecular weight is 501 g/mol. The zero-order valence-corrected chi connectivity index (χ0v) is 19.7. The number of hydrogen-bond acceptors (Lipinski definition) is 4. The van der Waals surface area contributed by atoms with E-state index in [1.807, 2.05) is 43.7 Å². The summed E-state index contributed by atoms with van der Waals surface area (Å²) in [6.45, 7) is 11.1. The van der Waals surface area contributed by atoms with E-state index in [0.29, 0.717) is 18.9 Å². The Morgan fingerprint density at radius 2 is 1.96 bits per heavy atom. The third kappa shape index (κ3) is 7.21. The van der Waals surface area contributed by atoms with Gasteiger partial charge in [0.2, 0.25) is 0 Å². The van der Waals surface area contributed by atoms with Gasteiger partial charge in [0, 0.05) is 37.1 Å². The monoisotopic (exact) mass is 501 g/mol. The fourth-order valence-corrected chi connectivity index (χ4v) is 2.78. The lowest BCUT2D eigenvalue weighted by Crippen LogP contribution is -2.30. The number of hydrogen-bond donors (Lipinski definition) is 2. The number of nitrogens with one attached hydrogen (secondary N) is 2. The van der Waals surface area contributed by atoms with E-state index < -0.39 is 0 Å². The molecule has 2 rings (SSSR count). The third-order valence-corrected chi connectivity index (χ3v) is 3.97. The van der Waals surface area contributed by atoms with Gasteiger partial charge < -0.3 is 20.1 Å². The Labute approximate surface area is 184 Å². The van der Waals surface area contributed by atoms with Crippen LogP contribution in [0.15, 0.2) is 29.3 Å². The van der Waals surface area contributed by atoms with E-state index in [2.05, 4.69) is 33.7 Å². The zero-order valence-electron chi connectivity index (χ0n) is 17.4. The number of aliphatic imine (C=N–C) groups is 1. The molecule has 2 N–H and O–H groups in total. The lowest BCUT2D eigenvalue weighted by Gasteiger charge is -2.14. The lowest BCUT2D eigenvalue weighted by molar-refractivity contribution is 0.311. The predicted octanol–water partition coefficient (Wildman–Crippen LogP) is 3.99. The summed E-state index contributed by atoms with van der Waals surface area (Å²) < 4.78 is 13.0. The molecule has 0 aliphatic rings. The van der Waals surface area contributed by atoms with Crippen molar-refractivity contribution in [1.82, 2.24) is 15.1 Å². The maximum Gasteiger partial charge on any atom is 0.195 e. The standard InChI is InChI=1S/C20H31N5O2.HI/c1-6-21-20(22-11-8-12-25-16(4)13-15(3)24-25)23-17-9-10-18(27-7-2)19(14-17)26-5;/h9-10,13-14H,6-8,11-12H2,1-5H3,(H2,21,22,23);1H. The normalized spacial score (nSPS) is 11.0. The van der Waals surface area contributed by atoms with Crippen molar-refractivity contribution in [2.24, 2.45) is 4.99 Å². The van der Waals surface area contributed by atoms with Crippen molar-refractivity contribution in [3.05, 3.63) is 35.7 Å². The summed E-state index contributed by atoms with van der Waals surface area (Å²) in [4.78, 5) is 4.66. The van der Waals surface area contributed by atoms with Gasteiger partial charge in [0.15, 0.2) is 17.5 Å². The van der Waals surface area contributed by atoms with E-state index in [1.165, 1.54) is 5.69 Å². The molecule has 0 aliphatic carbocycles. The molecule has 0 radical (unpaired) electrons. The number of aryl methyl sites for hydroxylation is 3. The molecule has 0 unspecified atom stereocenters. The van der Waals surface area contributed by atoms with Crippen LogP contribution in [-0.4, -0.2) is 42.5 Å². The summed E-state index contributed by atoms with van der Waals surface area (Å²) >= 11 is 0. The SMILES string of the molecule is CCNC(=NCCCn1nc(C)cc1C)Nc1ccc(OCC)c(OC)c1.I. The van der Waals surface area contributed by atoms with Gasteiger partial charge in [0.1, 0.15) is 0 Å². The molecule has 0 atom stereocenters. The third-order valence-electron chi connectivity index (χ3n) is 3.97. The fraction of sp³-hybridized carbons (Fsp3) is 0.500. The first-order valence-electron chi connectivity index (χ1n) is 9.44. The van der Waals surface area contributed by atoms with Crippen molar-refractivity contribution >= 4 is 35.6 Å². The molecule has 156 valence electrons. The smallest absolute Gasteiger partial charge is 0.195 e. The van der Waals surface area contributed by atoms with Crippen molar-refractivity contribution in [2.45, 2.75) is 40.7 Å². The van der Waals surface area contributed by atoms with E-state index in [1.54, 1.807) is 7.11 Å². The molecule has 28 heavy (non-hydrogen) atoms. The second kappa shape index (κ2) is 12.5. The van der Waals surface area contributed by atoms with Gasteiger partial charge in [-0.1, -0.05) is 0 Å². The summed E-state index contributed by atoms with van der Waals surface area (Å²) in [6.07, 6.45) is 0.922. The van der Waals surface area contributed by atoms with E-state index in [0.717, 1.165) is 42.6 Å². The number of nitrogens with zero attached hydrogens (tertiary/aromatic N) is 3. The van der Waals surface area contributed by atoms with Gasteiger partial charge in [-0.3, -0.25) is 9.67 Å². The van der Waals surface area contributed by atoms with Crippen molar-refractivity contribution in [3.8, 4) is 11.5 Å². The Kier molecular flexibility index (Phi) is 10.7. The Bertz CT molecular complexity index is 761. The van der Waals surface area contributed by atoms with Gasteiger partial charge in [0.05, 0.1) is 19.4 Å². The highest BCUT2D eigenvalue weighted by Gasteiger charge is 2.07. The predicted molar refractivity (Wildman–Crippen MR) is 125 cm³/mol. The van der Waals surface area contributed by atoms with Gasteiger partial charge >= 0.3 is 0 Å². The van der Waals surface area contributed by atoms with Crippen LogP contribution in [0.3, 0.4) is 0 Å². The number of anilines is 1. The first-order chi connectivity index (χ1) is 13.1. The van der Waals surface area contributed by atoms with E-state index in [-0.39, 0.29) is 24.0 Å². The number of methoxy groups -OCH3 is 1. The number of halogens is 1. The molecule has 0 fully saturated rings. The molecule has 1 heterocycles. The van der Waals surface area contributed by atoms with Crippen LogP contribution in [0.25, 0.3) is 0 Å². The van der Waals surface area contributed by atoms with E-state index in [4.69, 9.17) is 9.47 Å². The van der Waals surface area contributed by atoms with Crippen LogP contribution in [0, 0.1) is 13.8 Å². The molecule has 0 bridgehead atoms. The highest BCUT2D eigenvalue weighted by Crippen LogP contribution is 2.30. The molecule has 1 aromatic carbocycles. The minimum atomic E-state index is 0. The molecular weight excluding hydrogens is 469 g/mol. The van der Waals surface area contributed by atoms with Crippen molar-refractivity contribution in [2.75, 3.05) is 32.1 Å². The maximum atomic E-state index is 5.56. The molecule has 0 saturated heterocycles. The largest absolute Gasteiger partial charge is 0.493 e. The summed E-state index contributed by atoms with van der Waals surface area (Å²) in [5.74, 6) is 2.18. The Balaban J connectivity index is 0.00000392. The first-order valence-corrected chi connectivity index (χ1v) is 9.44. The summed E-state index contributed by atoms with van der Waals surface area (Å²) in [7, 11) is 1.64. The van der Waals surface area contributed by atoms with Gasteiger partial charge in [-0.25, -0.2) is 0 Å².